The van der Waals surface area contributed by atoms with E-state index in [0.29, 0.717) is 25.2 Å². The van der Waals surface area contributed by atoms with Gasteiger partial charge in [0.1, 0.15) is 0 Å². The number of sulfonamides is 1. The van der Waals surface area contributed by atoms with E-state index in [1.807, 2.05) is 0 Å². The molecule has 4 heterocycles. The van der Waals surface area contributed by atoms with Crippen LogP contribution in [0.2, 0.25) is 0 Å². The molecule has 8 nitrogen and oxygen atoms in total. The summed E-state index contributed by atoms with van der Waals surface area (Å²) < 4.78 is 35.3. The molecule has 3 aliphatic heterocycles. The molecule has 4 rings (SSSR count). The van der Waals surface area contributed by atoms with Crippen molar-refractivity contribution in [3.8, 4) is 0 Å². The summed E-state index contributed by atoms with van der Waals surface area (Å²) >= 11 is 0. The minimum Gasteiger partial charge on any atom is -0.375 e. The molecule has 3 aliphatic rings. The fraction of sp³-hybridized carbons (Fsp3) is 0.850. The molecule has 3 saturated heterocycles. The van der Waals surface area contributed by atoms with Crippen molar-refractivity contribution < 1.29 is 13.2 Å². The molecule has 0 aliphatic carbocycles. The van der Waals surface area contributed by atoms with Crippen molar-refractivity contribution in [2.24, 2.45) is 7.05 Å². The highest BCUT2D eigenvalue weighted by atomic mass is 32.2. The molecule has 1 aromatic heterocycles. The lowest BCUT2D eigenvalue weighted by atomic mass is 9.82. The van der Waals surface area contributed by atoms with E-state index in [0.717, 1.165) is 58.5 Å². The first-order valence-corrected chi connectivity index (χ1v) is 12.3. The third-order valence-electron chi connectivity index (χ3n) is 6.98. The SMILES string of the molecule is CC(C)N1CCN(C2CCOC3(CCN(S(=O)(=O)c4cn(C)cn4)CC3)C2)CC1. The minimum atomic E-state index is -3.51. The zero-order valence-corrected chi connectivity index (χ0v) is 18.8. The van der Waals surface area contributed by atoms with Crippen molar-refractivity contribution in [1.29, 1.82) is 0 Å². The Kier molecular flexibility index (Phi) is 6.05. The largest absolute Gasteiger partial charge is 0.375 e. The summed E-state index contributed by atoms with van der Waals surface area (Å²) in [6.07, 6.45) is 6.74. The predicted molar refractivity (Wildman–Crippen MR) is 111 cm³/mol. The number of rotatable bonds is 4. The summed E-state index contributed by atoms with van der Waals surface area (Å²) in [6.45, 7) is 10.9. The fourth-order valence-electron chi connectivity index (χ4n) is 5.07. The average Bonchev–Trinajstić information content (AvgIpc) is 3.16. The molecule has 29 heavy (non-hydrogen) atoms. The van der Waals surface area contributed by atoms with Crippen LogP contribution in [-0.2, 0) is 21.8 Å². The van der Waals surface area contributed by atoms with Crippen LogP contribution in [0.5, 0.6) is 0 Å². The number of imidazole rings is 1. The van der Waals surface area contributed by atoms with E-state index < -0.39 is 10.0 Å². The van der Waals surface area contributed by atoms with Gasteiger partial charge >= 0.3 is 0 Å². The Labute approximate surface area is 174 Å². The van der Waals surface area contributed by atoms with Crippen LogP contribution in [0.4, 0.5) is 0 Å². The number of hydrogen-bond acceptors (Lipinski definition) is 6. The van der Waals surface area contributed by atoms with Gasteiger partial charge in [-0.15, -0.1) is 0 Å². The molecule has 1 spiro atoms. The average molecular weight is 426 g/mol. The number of aromatic nitrogens is 2. The fourth-order valence-corrected chi connectivity index (χ4v) is 6.48. The van der Waals surface area contributed by atoms with Gasteiger partial charge in [-0.3, -0.25) is 9.80 Å². The van der Waals surface area contributed by atoms with Gasteiger partial charge in [0.25, 0.3) is 10.0 Å². The van der Waals surface area contributed by atoms with E-state index in [2.05, 4.69) is 28.6 Å². The number of aryl methyl sites for hydroxylation is 1. The van der Waals surface area contributed by atoms with Crippen molar-refractivity contribution in [1.82, 2.24) is 23.7 Å². The second kappa shape index (κ2) is 8.26. The highest BCUT2D eigenvalue weighted by Gasteiger charge is 2.44. The van der Waals surface area contributed by atoms with E-state index in [1.54, 1.807) is 22.1 Å². The molecule has 0 saturated carbocycles. The lowest BCUT2D eigenvalue weighted by Gasteiger charge is -2.49. The van der Waals surface area contributed by atoms with Crippen molar-refractivity contribution in [2.75, 3.05) is 45.9 Å². The van der Waals surface area contributed by atoms with Gasteiger partial charge in [-0.1, -0.05) is 0 Å². The highest BCUT2D eigenvalue weighted by Crippen LogP contribution is 2.38. The van der Waals surface area contributed by atoms with Crippen LogP contribution >= 0.6 is 0 Å². The third kappa shape index (κ3) is 4.39. The van der Waals surface area contributed by atoms with Crippen molar-refractivity contribution in [3.05, 3.63) is 12.5 Å². The Morgan fingerprint density at radius 1 is 1.14 bits per heavy atom. The summed E-state index contributed by atoms with van der Waals surface area (Å²) in [6, 6.07) is 1.17. The topological polar surface area (TPSA) is 70.9 Å². The zero-order valence-electron chi connectivity index (χ0n) is 18.0. The van der Waals surface area contributed by atoms with E-state index in [4.69, 9.17) is 4.74 Å². The highest BCUT2D eigenvalue weighted by molar-refractivity contribution is 7.89. The third-order valence-corrected chi connectivity index (χ3v) is 8.77. The van der Waals surface area contributed by atoms with Gasteiger partial charge in [0.05, 0.1) is 11.9 Å². The molecule has 0 N–H and O–H groups in total. The lowest BCUT2D eigenvalue weighted by molar-refractivity contribution is -0.130. The maximum atomic E-state index is 12.9. The smallest absolute Gasteiger partial charge is 0.262 e. The molecule has 3 fully saturated rings. The van der Waals surface area contributed by atoms with Crippen molar-refractivity contribution in [3.63, 3.8) is 0 Å². The Bertz CT molecular complexity index is 793. The van der Waals surface area contributed by atoms with E-state index >= 15 is 0 Å². The Morgan fingerprint density at radius 2 is 1.83 bits per heavy atom. The summed E-state index contributed by atoms with van der Waals surface area (Å²) in [4.78, 5) is 9.24. The molecular formula is C20H35N5O3S. The number of piperazine rings is 1. The Balaban J connectivity index is 1.36. The first-order valence-electron chi connectivity index (χ1n) is 10.9. The van der Waals surface area contributed by atoms with Gasteiger partial charge in [-0.05, 0) is 39.5 Å². The molecule has 1 atom stereocenters. The number of nitrogens with zero attached hydrogens (tertiary/aromatic N) is 5. The van der Waals surface area contributed by atoms with Gasteiger partial charge in [-0.25, -0.2) is 13.4 Å². The van der Waals surface area contributed by atoms with Gasteiger partial charge in [0.15, 0.2) is 5.03 Å². The first-order chi connectivity index (χ1) is 13.8. The molecule has 0 aromatic carbocycles. The van der Waals surface area contributed by atoms with Crippen LogP contribution in [-0.4, -0.2) is 95.6 Å². The number of piperidine rings is 1. The molecule has 0 bridgehead atoms. The lowest BCUT2D eigenvalue weighted by Crippen LogP contribution is -2.58. The predicted octanol–water partition coefficient (Wildman–Crippen LogP) is 1.15. The second-order valence-corrected chi connectivity index (χ2v) is 11.0. The van der Waals surface area contributed by atoms with Crippen LogP contribution in [0.15, 0.2) is 17.6 Å². The van der Waals surface area contributed by atoms with Crippen LogP contribution in [0.3, 0.4) is 0 Å². The van der Waals surface area contributed by atoms with Crippen LogP contribution in [0.25, 0.3) is 0 Å². The maximum absolute atomic E-state index is 12.9. The molecule has 9 heteroatoms. The summed E-state index contributed by atoms with van der Waals surface area (Å²) in [5, 5.41) is 0.140. The summed E-state index contributed by atoms with van der Waals surface area (Å²) in [7, 11) is -1.73. The van der Waals surface area contributed by atoms with E-state index in [1.165, 1.54) is 6.33 Å². The van der Waals surface area contributed by atoms with Crippen LogP contribution < -0.4 is 0 Å². The normalized spacial score (nSPS) is 27.7. The second-order valence-electron chi connectivity index (χ2n) is 9.13. The van der Waals surface area contributed by atoms with Crippen molar-refractivity contribution >= 4 is 10.0 Å². The standard InChI is InChI=1S/C20H35N5O3S/c1-17(2)23-9-11-24(12-10-23)18-4-13-28-20(14-18)5-7-25(8-6-20)29(26,27)19-15-22(3)16-21-19/h15-18H,4-14H2,1-3H3. The molecule has 1 unspecified atom stereocenters. The molecule has 1 aromatic rings. The number of ether oxygens (including phenoxy) is 1. The summed E-state index contributed by atoms with van der Waals surface area (Å²) in [5.74, 6) is 0. The molecule has 164 valence electrons. The first kappa shape index (κ1) is 21.2. The van der Waals surface area contributed by atoms with Gasteiger partial charge in [-0.2, -0.15) is 4.31 Å². The van der Waals surface area contributed by atoms with E-state index in [9.17, 15) is 8.42 Å². The zero-order chi connectivity index (χ0) is 20.6. The van der Waals surface area contributed by atoms with Crippen LogP contribution in [0, 0.1) is 0 Å². The Hall–Kier alpha value is -1.00. The monoisotopic (exact) mass is 425 g/mol. The van der Waals surface area contributed by atoms with Gasteiger partial charge in [0.2, 0.25) is 0 Å². The van der Waals surface area contributed by atoms with E-state index in [-0.39, 0.29) is 10.6 Å². The molecule has 0 radical (unpaired) electrons. The number of hydrogen-bond donors (Lipinski definition) is 0. The quantitative estimate of drug-likeness (QED) is 0.721. The van der Waals surface area contributed by atoms with Crippen LogP contribution in [0.1, 0.15) is 39.5 Å². The summed E-state index contributed by atoms with van der Waals surface area (Å²) in [5.41, 5.74) is -0.172. The maximum Gasteiger partial charge on any atom is 0.262 e. The van der Waals surface area contributed by atoms with Gasteiger partial charge < -0.3 is 9.30 Å². The minimum absolute atomic E-state index is 0.140. The molecular weight excluding hydrogens is 390 g/mol. The van der Waals surface area contributed by atoms with Crippen molar-refractivity contribution in [2.45, 2.75) is 62.2 Å². The van der Waals surface area contributed by atoms with Gasteiger partial charge in [0, 0.05) is 71.2 Å². The molecule has 0 amide bonds. The Morgan fingerprint density at radius 3 is 2.41 bits per heavy atom.